The molecule has 0 radical (unpaired) electrons. The van der Waals surface area contributed by atoms with Gasteiger partial charge in [0.15, 0.2) is 0 Å². The van der Waals surface area contributed by atoms with E-state index in [1.165, 1.54) is 6.33 Å². The predicted octanol–water partition coefficient (Wildman–Crippen LogP) is 2.66. The van der Waals surface area contributed by atoms with Gasteiger partial charge in [0.2, 0.25) is 5.91 Å². The van der Waals surface area contributed by atoms with E-state index in [-0.39, 0.29) is 18.4 Å². The number of nitriles is 1. The number of hydrogen-bond acceptors (Lipinski definition) is 6. The molecule has 2 aliphatic heterocycles. The Hall–Kier alpha value is -2.79. The van der Waals surface area contributed by atoms with Crippen LogP contribution in [0.1, 0.15) is 38.2 Å². The van der Waals surface area contributed by atoms with Gasteiger partial charge in [0.1, 0.15) is 18.1 Å². The molecular formula is C23H29FN6O. The summed E-state index contributed by atoms with van der Waals surface area (Å²) >= 11 is 0. The molecule has 31 heavy (non-hydrogen) atoms. The molecular weight excluding hydrogens is 395 g/mol. The lowest BCUT2D eigenvalue weighted by Crippen LogP contribution is -2.52. The molecule has 2 fully saturated rings. The number of benzene rings is 1. The third-order valence-corrected chi connectivity index (χ3v) is 6.50. The minimum Gasteiger partial charge on any atom is -0.369 e. The number of anilines is 1. The molecule has 1 amide bonds. The minimum absolute atomic E-state index is 0.0542. The molecule has 4 rings (SSSR count). The molecule has 2 saturated heterocycles. The maximum absolute atomic E-state index is 15.1. The van der Waals surface area contributed by atoms with E-state index in [1.54, 1.807) is 12.3 Å². The summed E-state index contributed by atoms with van der Waals surface area (Å²) in [4.78, 5) is 25.4. The first kappa shape index (κ1) is 21.4. The summed E-state index contributed by atoms with van der Waals surface area (Å²) in [6.45, 7) is 4.99. The van der Waals surface area contributed by atoms with Crippen molar-refractivity contribution in [2.24, 2.45) is 5.92 Å². The van der Waals surface area contributed by atoms with Crippen molar-refractivity contribution in [3.63, 3.8) is 0 Å². The molecule has 0 bridgehead atoms. The molecule has 2 atom stereocenters. The van der Waals surface area contributed by atoms with Crippen LogP contribution >= 0.6 is 0 Å². The Morgan fingerprint density at radius 3 is 2.87 bits per heavy atom. The Morgan fingerprint density at radius 2 is 2.13 bits per heavy atom. The van der Waals surface area contributed by atoms with Crippen LogP contribution in [0.25, 0.3) is 10.9 Å². The number of rotatable bonds is 4. The van der Waals surface area contributed by atoms with E-state index in [9.17, 15) is 10.1 Å². The highest BCUT2D eigenvalue weighted by Crippen LogP contribution is 2.32. The summed E-state index contributed by atoms with van der Waals surface area (Å²) in [5.74, 6) is 0.149. The molecule has 164 valence electrons. The molecule has 0 unspecified atom stereocenters. The lowest BCUT2D eigenvalue weighted by Gasteiger charge is -2.39. The van der Waals surface area contributed by atoms with Crippen molar-refractivity contribution in [1.82, 2.24) is 20.2 Å². The first-order valence-corrected chi connectivity index (χ1v) is 10.9. The van der Waals surface area contributed by atoms with Crippen LogP contribution in [0, 0.1) is 17.2 Å². The van der Waals surface area contributed by atoms with Gasteiger partial charge in [-0.25, -0.2) is 14.4 Å². The normalized spacial score (nSPS) is 24.0. The number of likely N-dealkylation sites (tertiary alicyclic amines) is 1. The number of fused-ring (bicyclic) bond motifs is 1. The van der Waals surface area contributed by atoms with Crippen LogP contribution < -0.4 is 10.2 Å². The molecule has 7 nitrogen and oxygen atoms in total. The fourth-order valence-corrected chi connectivity index (χ4v) is 4.84. The van der Waals surface area contributed by atoms with E-state index >= 15 is 4.39 Å². The van der Waals surface area contributed by atoms with Crippen molar-refractivity contribution < 1.29 is 9.18 Å². The molecule has 0 spiro atoms. The zero-order chi connectivity index (χ0) is 22.0. The van der Waals surface area contributed by atoms with Gasteiger partial charge in [0.05, 0.1) is 17.5 Å². The van der Waals surface area contributed by atoms with E-state index < -0.39 is 5.67 Å². The molecule has 1 N–H and O–H groups in total. The summed E-state index contributed by atoms with van der Waals surface area (Å²) < 4.78 is 15.1. The molecule has 2 aliphatic rings. The Kier molecular flexibility index (Phi) is 6.05. The van der Waals surface area contributed by atoms with Crippen LogP contribution in [-0.4, -0.2) is 65.7 Å². The van der Waals surface area contributed by atoms with Gasteiger partial charge in [-0.1, -0.05) is 6.92 Å². The Bertz CT molecular complexity index is 997. The highest BCUT2D eigenvalue weighted by atomic mass is 19.1. The average molecular weight is 425 g/mol. The van der Waals surface area contributed by atoms with E-state index in [0.29, 0.717) is 49.5 Å². The van der Waals surface area contributed by atoms with Crippen molar-refractivity contribution in [3.05, 3.63) is 30.2 Å². The topological polar surface area (TPSA) is 85.2 Å². The largest absolute Gasteiger partial charge is 0.369 e. The molecule has 0 aliphatic carbocycles. The van der Waals surface area contributed by atoms with Crippen molar-refractivity contribution in [3.8, 4) is 6.07 Å². The van der Waals surface area contributed by atoms with Crippen molar-refractivity contribution in [2.45, 2.75) is 44.3 Å². The summed E-state index contributed by atoms with van der Waals surface area (Å²) in [6, 6.07) is 5.84. The van der Waals surface area contributed by atoms with Crippen molar-refractivity contribution >= 4 is 22.5 Å². The summed E-state index contributed by atoms with van der Waals surface area (Å²) in [5.41, 5.74) is 0.701. The maximum atomic E-state index is 15.1. The lowest BCUT2D eigenvalue weighted by molar-refractivity contribution is -0.125. The van der Waals surface area contributed by atoms with Gasteiger partial charge in [-0.3, -0.25) is 4.79 Å². The van der Waals surface area contributed by atoms with Gasteiger partial charge < -0.3 is 15.1 Å². The van der Waals surface area contributed by atoms with E-state index in [0.717, 1.165) is 24.0 Å². The average Bonchev–Trinajstić information content (AvgIpc) is 2.74. The predicted molar refractivity (Wildman–Crippen MR) is 117 cm³/mol. The standard InChI is InChI=1S/C23H29FN6O/c1-16-9-18(28-21(31)10-23(24)5-7-29(2)8-6-23)14-30(13-16)20-4-3-17(11-25)22-19(20)12-26-15-27-22/h3-4,12,15-16,18H,5-10,13-14H2,1-2H3,(H,28,31)/t16-,18+/m0/s1. The van der Waals surface area contributed by atoms with Crippen LogP contribution in [0.15, 0.2) is 24.7 Å². The van der Waals surface area contributed by atoms with Crippen LogP contribution in [0.2, 0.25) is 0 Å². The van der Waals surface area contributed by atoms with Gasteiger partial charge in [-0.05, 0) is 44.4 Å². The molecule has 8 heteroatoms. The number of nitrogens with zero attached hydrogens (tertiary/aromatic N) is 5. The number of nitrogens with one attached hydrogen (secondary N) is 1. The second kappa shape index (κ2) is 8.75. The van der Waals surface area contributed by atoms with Crippen LogP contribution in [0.3, 0.4) is 0 Å². The highest BCUT2D eigenvalue weighted by Gasteiger charge is 2.37. The Labute approximate surface area is 182 Å². The van der Waals surface area contributed by atoms with Crippen LogP contribution in [0.5, 0.6) is 0 Å². The SMILES string of the molecule is C[C@H]1C[C@@H](NC(=O)CC2(F)CCN(C)CC2)CN(c2ccc(C#N)c3ncncc23)C1. The highest BCUT2D eigenvalue weighted by molar-refractivity contribution is 5.94. The molecule has 3 heterocycles. The number of alkyl halides is 1. The summed E-state index contributed by atoms with van der Waals surface area (Å²) in [6.07, 6.45) is 4.78. The minimum atomic E-state index is -1.41. The molecule has 0 saturated carbocycles. The third-order valence-electron chi connectivity index (χ3n) is 6.50. The third kappa shape index (κ3) is 4.77. The number of carbonyl (C=O) groups is 1. The second-order valence-electron chi connectivity index (χ2n) is 9.17. The number of carbonyl (C=O) groups excluding carboxylic acids is 1. The zero-order valence-electron chi connectivity index (χ0n) is 18.1. The van der Waals surface area contributed by atoms with Gasteiger partial charge in [-0.2, -0.15) is 5.26 Å². The van der Waals surface area contributed by atoms with E-state index in [4.69, 9.17) is 0 Å². The van der Waals surface area contributed by atoms with Gasteiger partial charge >= 0.3 is 0 Å². The number of aromatic nitrogens is 2. The second-order valence-corrected chi connectivity index (χ2v) is 9.17. The van der Waals surface area contributed by atoms with Crippen molar-refractivity contribution in [1.29, 1.82) is 5.26 Å². The maximum Gasteiger partial charge on any atom is 0.223 e. The fraction of sp³-hybridized carbons (Fsp3) is 0.565. The first-order valence-electron chi connectivity index (χ1n) is 10.9. The number of hydrogen-bond donors (Lipinski definition) is 1. The Balaban J connectivity index is 1.47. The molecule has 1 aromatic heterocycles. The first-order chi connectivity index (χ1) is 14.9. The number of halogens is 1. The van der Waals surface area contributed by atoms with E-state index in [2.05, 4.69) is 38.1 Å². The monoisotopic (exact) mass is 424 g/mol. The van der Waals surface area contributed by atoms with Gasteiger partial charge in [-0.15, -0.1) is 0 Å². The Morgan fingerprint density at radius 1 is 1.35 bits per heavy atom. The summed E-state index contributed by atoms with van der Waals surface area (Å²) in [5, 5.41) is 13.3. The fourth-order valence-electron chi connectivity index (χ4n) is 4.84. The van der Waals surface area contributed by atoms with Crippen LogP contribution in [0.4, 0.5) is 10.1 Å². The summed E-state index contributed by atoms with van der Waals surface area (Å²) in [7, 11) is 1.98. The number of piperidine rings is 2. The number of amides is 1. The van der Waals surface area contributed by atoms with Gasteiger partial charge in [0.25, 0.3) is 0 Å². The smallest absolute Gasteiger partial charge is 0.223 e. The molecule has 1 aromatic carbocycles. The van der Waals surface area contributed by atoms with Crippen molar-refractivity contribution in [2.75, 3.05) is 38.1 Å². The zero-order valence-corrected chi connectivity index (χ0v) is 18.1. The van der Waals surface area contributed by atoms with Gasteiger partial charge in [0, 0.05) is 49.5 Å². The molecule has 2 aromatic rings. The van der Waals surface area contributed by atoms with E-state index in [1.807, 2.05) is 13.1 Å². The van der Waals surface area contributed by atoms with Crippen LogP contribution in [-0.2, 0) is 4.79 Å². The quantitative estimate of drug-likeness (QED) is 0.812. The lowest BCUT2D eigenvalue weighted by atomic mass is 9.89.